The van der Waals surface area contributed by atoms with Crippen LogP contribution in [0.4, 0.5) is 0 Å². The summed E-state index contributed by atoms with van der Waals surface area (Å²) in [7, 11) is -4.67. The van der Waals surface area contributed by atoms with Crippen molar-refractivity contribution < 1.29 is 70.3 Å². The van der Waals surface area contributed by atoms with E-state index in [1.165, 1.54) is 11.1 Å². The zero-order chi connectivity index (χ0) is 10.5. The summed E-state index contributed by atoms with van der Waals surface area (Å²) >= 11 is 0. The summed E-state index contributed by atoms with van der Waals surface area (Å²) in [6, 6.07) is 8.36. The third-order valence-electron chi connectivity index (χ3n) is 1.43. The molecule has 0 heterocycles. The van der Waals surface area contributed by atoms with Gasteiger partial charge in [-0.2, -0.15) is 8.42 Å². The van der Waals surface area contributed by atoms with Gasteiger partial charge in [-0.25, -0.2) is 0 Å². The smallest absolute Gasteiger partial charge is 1.00 e. The molecular weight excluding hydrogens is 231 g/mol. The van der Waals surface area contributed by atoms with E-state index in [4.69, 9.17) is 17.5 Å². The fraction of sp³-hybridized carbons (Fsp3) is 0.250. The van der Waals surface area contributed by atoms with Crippen molar-refractivity contribution in [2.75, 3.05) is 0 Å². The van der Waals surface area contributed by atoms with Crippen LogP contribution in [0.1, 0.15) is 12.6 Å². The van der Waals surface area contributed by atoms with Crippen molar-refractivity contribution in [1.29, 1.82) is 0 Å². The molecule has 0 aliphatic rings. The van der Waals surface area contributed by atoms with E-state index in [-0.39, 0.29) is 52.8 Å². The van der Waals surface area contributed by atoms with Crippen LogP contribution in [-0.4, -0.2) is 17.5 Å². The van der Waals surface area contributed by atoms with E-state index in [1.807, 2.05) is 0 Å². The first-order chi connectivity index (χ1) is 5.80. The van der Waals surface area contributed by atoms with E-state index >= 15 is 0 Å². The molecule has 0 spiro atoms. The minimum atomic E-state index is -4.67. The van der Waals surface area contributed by atoms with Crippen molar-refractivity contribution in [3.8, 4) is 0 Å². The summed E-state index contributed by atoms with van der Waals surface area (Å²) in [4.78, 5) is 0. The van der Waals surface area contributed by atoms with Gasteiger partial charge in [0.15, 0.2) is 0 Å². The van der Waals surface area contributed by atoms with Crippen LogP contribution >= 0.6 is 0 Å². The molecule has 0 bridgehead atoms. The number of hydrogen-bond acceptors (Lipinski definition) is 2. The van der Waals surface area contributed by atoms with E-state index in [9.17, 15) is 0 Å². The summed E-state index contributed by atoms with van der Waals surface area (Å²) < 4.78 is 31.6. The van der Waals surface area contributed by atoms with Gasteiger partial charge in [-0.3, -0.25) is 9.11 Å². The molecule has 0 amide bonds. The monoisotopic (exact) mass is 244 g/mol. The Morgan fingerprint density at radius 2 is 1.29 bits per heavy atom. The second kappa shape index (κ2) is 7.95. The number of aryl methyl sites for hydroxylation is 2. The maximum atomic E-state index is 8.74. The quantitative estimate of drug-likeness (QED) is 0.442. The minimum absolute atomic E-state index is 0. The maximum absolute atomic E-state index is 8.74. The van der Waals surface area contributed by atoms with Gasteiger partial charge in [-0.05, 0) is 25.0 Å². The van der Waals surface area contributed by atoms with Crippen molar-refractivity contribution in [3.63, 3.8) is 0 Å². The molecule has 2 N–H and O–H groups in total. The molecule has 14 heavy (non-hydrogen) atoms. The van der Waals surface area contributed by atoms with Gasteiger partial charge in [0.1, 0.15) is 0 Å². The first-order valence-electron chi connectivity index (χ1n) is 3.53. The van der Waals surface area contributed by atoms with Gasteiger partial charge in [0.2, 0.25) is 0 Å². The van der Waals surface area contributed by atoms with E-state index in [0.717, 1.165) is 0 Å². The van der Waals surface area contributed by atoms with Crippen LogP contribution in [0, 0.1) is 13.8 Å². The molecule has 0 fully saturated rings. The van der Waals surface area contributed by atoms with Gasteiger partial charge in [0.25, 0.3) is 0 Å². The Hall–Kier alpha value is 0.726. The van der Waals surface area contributed by atoms with Crippen LogP contribution in [-0.2, 0) is 10.4 Å². The van der Waals surface area contributed by atoms with Gasteiger partial charge in [-0.1, -0.05) is 24.3 Å². The van der Waals surface area contributed by atoms with Gasteiger partial charge in [-0.15, -0.1) is 0 Å². The molecular formula is C8H13KO4S. The third kappa shape index (κ3) is 12.7. The third-order valence-corrected chi connectivity index (χ3v) is 1.43. The molecule has 0 aliphatic heterocycles. The number of benzene rings is 1. The molecule has 1 aromatic rings. The summed E-state index contributed by atoms with van der Waals surface area (Å²) in [5, 5.41) is 0. The molecule has 0 atom stereocenters. The molecule has 1 aromatic carbocycles. The Labute approximate surface area is 128 Å². The molecule has 0 radical (unpaired) electrons. The van der Waals surface area contributed by atoms with E-state index < -0.39 is 10.4 Å². The molecule has 0 saturated carbocycles. The predicted molar refractivity (Wildman–Crippen MR) is 51.2 cm³/mol. The fourth-order valence-corrected chi connectivity index (χ4v) is 0.663. The average Bonchev–Trinajstić information content (AvgIpc) is 1.92. The summed E-state index contributed by atoms with van der Waals surface area (Å²) in [6.07, 6.45) is 0. The molecule has 0 unspecified atom stereocenters. The summed E-state index contributed by atoms with van der Waals surface area (Å²) in [6.45, 7) is 4.24. The zero-order valence-electron chi connectivity index (χ0n) is 9.43. The Morgan fingerprint density at radius 1 is 1.07 bits per heavy atom. The van der Waals surface area contributed by atoms with Gasteiger partial charge >= 0.3 is 61.8 Å². The molecule has 6 heteroatoms. The number of hydrogen-bond donors (Lipinski definition) is 2. The average molecular weight is 244 g/mol. The van der Waals surface area contributed by atoms with Crippen molar-refractivity contribution >= 4 is 10.4 Å². The molecule has 76 valence electrons. The van der Waals surface area contributed by atoms with Crippen LogP contribution in [0.3, 0.4) is 0 Å². The van der Waals surface area contributed by atoms with E-state index in [2.05, 4.69) is 38.1 Å². The Kier molecular flexibility index (Phi) is 9.72. The van der Waals surface area contributed by atoms with Crippen LogP contribution < -0.4 is 51.4 Å². The number of rotatable bonds is 0. The van der Waals surface area contributed by atoms with Crippen LogP contribution in [0.15, 0.2) is 24.3 Å². The fourth-order valence-electron chi connectivity index (χ4n) is 0.663. The van der Waals surface area contributed by atoms with Gasteiger partial charge in [0, 0.05) is 0 Å². The van der Waals surface area contributed by atoms with Gasteiger partial charge in [0.05, 0.1) is 0 Å². The second-order valence-electron chi connectivity index (χ2n) is 2.53. The molecule has 4 nitrogen and oxygen atoms in total. The maximum Gasteiger partial charge on any atom is 1.00 e. The minimum Gasteiger partial charge on any atom is -1.00 e. The Morgan fingerprint density at radius 3 is 1.43 bits per heavy atom. The van der Waals surface area contributed by atoms with Crippen LogP contribution in [0.2, 0.25) is 0 Å². The zero-order valence-corrected chi connectivity index (χ0v) is 12.4. The van der Waals surface area contributed by atoms with Crippen LogP contribution in [0.25, 0.3) is 0 Å². The molecule has 1 rings (SSSR count). The largest absolute Gasteiger partial charge is 1.00 e. The first-order valence-corrected chi connectivity index (χ1v) is 4.92. The SMILES string of the molecule is Cc1ccccc1C.O=S(=O)(O)O.[H-].[K+]. The topological polar surface area (TPSA) is 74.6 Å². The van der Waals surface area contributed by atoms with Gasteiger partial charge < -0.3 is 1.43 Å². The van der Waals surface area contributed by atoms with Crippen molar-refractivity contribution in [2.45, 2.75) is 13.8 Å². The van der Waals surface area contributed by atoms with Crippen molar-refractivity contribution in [2.24, 2.45) is 0 Å². The predicted octanol–water partition coefficient (Wildman–Crippen LogP) is -1.23. The molecule has 0 aromatic heterocycles. The van der Waals surface area contributed by atoms with E-state index in [1.54, 1.807) is 0 Å². The Bertz CT molecular complexity index is 338. The van der Waals surface area contributed by atoms with Crippen LogP contribution in [0.5, 0.6) is 0 Å². The normalized spacial score (nSPS) is 9.43. The molecule has 0 saturated heterocycles. The summed E-state index contributed by atoms with van der Waals surface area (Å²) in [5.41, 5.74) is 2.74. The summed E-state index contributed by atoms with van der Waals surface area (Å²) in [5.74, 6) is 0. The first kappa shape index (κ1) is 17.1. The van der Waals surface area contributed by atoms with E-state index in [0.29, 0.717) is 0 Å². The Balaban J connectivity index is -0.000000185. The second-order valence-corrected chi connectivity index (χ2v) is 3.43. The standard InChI is InChI=1S/C8H10.K.H2O4S.H/c1-7-5-3-4-6-8(7)2;;1-5(2,3)4;/h3-6H,1-2H3;;(H2,1,2,3,4);/q;+1;;-1. The van der Waals surface area contributed by atoms with Crippen molar-refractivity contribution in [3.05, 3.63) is 35.4 Å². The molecule has 0 aliphatic carbocycles. The van der Waals surface area contributed by atoms with Crippen molar-refractivity contribution in [1.82, 2.24) is 0 Å².